The van der Waals surface area contributed by atoms with Crippen molar-refractivity contribution in [3.05, 3.63) is 35.4 Å². The van der Waals surface area contributed by atoms with Crippen LogP contribution in [0.1, 0.15) is 57.3 Å². The van der Waals surface area contributed by atoms with Crippen molar-refractivity contribution in [2.24, 2.45) is 22.7 Å². The number of nitrogens with one attached hydrogen (secondary N) is 1. The molecular weight excluding hydrogens is 376 g/mol. The van der Waals surface area contributed by atoms with Crippen LogP contribution < -0.4 is 5.32 Å². The van der Waals surface area contributed by atoms with Gasteiger partial charge in [-0.05, 0) is 53.1 Å². The molecule has 4 fully saturated rings. The molecule has 0 unspecified atom stereocenters. The average Bonchev–Trinajstić information content (AvgIpc) is 3.21. The third-order valence-electron chi connectivity index (χ3n) is 8.64. The summed E-state index contributed by atoms with van der Waals surface area (Å²) in [4.78, 5) is 14.5. The number of benzene rings is 1. The van der Waals surface area contributed by atoms with Gasteiger partial charge in [-0.3, -0.25) is 9.69 Å². The zero-order valence-electron chi connectivity index (χ0n) is 18.7. The number of hydrogen-bond acceptors (Lipinski definition) is 4. The molecule has 2 heterocycles. The predicted molar refractivity (Wildman–Crippen MR) is 116 cm³/mol. The molecule has 1 amide bonds. The number of morpholine rings is 1. The summed E-state index contributed by atoms with van der Waals surface area (Å²) >= 11 is 0. The third-order valence-corrected chi connectivity index (χ3v) is 8.64. The molecule has 2 saturated heterocycles. The van der Waals surface area contributed by atoms with Gasteiger partial charge in [0.25, 0.3) is 0 Å². The molecule has 1 aromatic carbocycles. The van der Waals surface area contributed by atoms with Crippen molar-refractivity contribution in [2.75, 3.05) is 32.9 Å². The van der Waals surface area contributed by atoms with Gasteiger partial charge in [-0.15, -0.1) is 0 Å². The van der Waals surface area contributed by atoms with E-state index in [0.717, 1.165) is 45.9 Å². The molecule has 0 radical (unpaired) electrons. The van der Waals surface area contributed by atoms with E-state index < -0.39 is 0 Å². The zero-order chi connectivity index (χ0) is 20.9. The first kappa shape index (κ1) is 20.5. The maximum Gasteiger partial charge on any atom is 0.217 e. The van der Waals surface area contributed by atoms with E-state index in [1.54, 1.807) is 6.92 Å². The van der Waals surface area contributed by atoms with Crippen LogP contribution >= 0.6 is 0 Å². The quantitative estimate of drug-likeness (QED) is 0.822. The number of rotatable bonds is 4. The summed E-state index contributed by atoms with van der Waals surface area (Å²) in [6.45, 7) is 11.8. The zero-order valence-corrected chi connectivity index (χ0v) is 18.7. The molecule has 5 atom stereocenters. The number of fused-ring (bicyclic) bond motifs is 1. The molecule has 1 N–H and O–H groups in total. The van der Waals surface area contributed by atoms with E-state index in [0.29, 0.717) is 11.8 Å². The van der Waals surface area contributed by atoms with Crippen LogP contribution in [0.3, 0.4) is 0 Å². The molecule has 2 bridgehead atoms. The highest BCUT2D eigenvalue weighted by atomic mass is 16.5. The number of nitrogens with zero attached hydrogens (tertiary/aromatic N) is 1. The fraction of sp³-hybridized carbons (Fsp3) is 0.720. The summed E-state index contributed by atoms with van der Waals surface area (Å²) in [5.41, 5.74) is 3.00. The lowest BCUT2D eigenvalue weighted by Gasteiger charge is -2.53. The Morgan fingerprint density at radius 3 is 2.80 bits per heavy atom. The average molecular weight is 413 g/mol. The van der Waals surface area contributed by atoms with Gasteiger partial charge in [0.1, 0.15) is 0 Å². The number of hydrogen-bond donors (Lipinski definition) is 1. The fourth-order valence-electron chi connectivity index (χ4n) is 7.21. The summed E-state index contributed by atoms with van der Waals surface area (Å²) in [7, 11) is 0. The van der Waals surface area contributed by atoms with Gasteiger partial charge in [0, 0.05) is 39.2 Å². The molecule has 5 heteroatoms. The molecule has 2 saturated carbocycles. The molecule has 1 spiro atoms. The smallest absolute Gasteiger partial charge is 0.217 e. The van der Waals surface area contributed by atoms with Crippen molar-refractivity contribution < 1.29 is 14.3 Å². The normalized spacial score (nSPS) is 37.7. The van der Waals surface area contributed by atoms with Crippen molar-refractivity contribution in [1.82, 2.24) is 10.2 Å². The lowest BCUT2D eigenvalue weighted by atomic mass is 9.59. The highest BCUT2D eigenvalue weighted by Gasteiger charge is 2.68. The van der Waals surface area contributed by atoms with Crippen LogP contribution in [0.15, 0.2) is 24.3 Å². The second-order valence-corrected chi connectivity index (χ2v) is 10.6. The summed E-state index contributed by atoms with van der Waals surface area (Å²) in [6.07, 6.45) is 3.64. The van der Waals surface area contributed by atoms with Gasteiger partial charge in [0.05, 0.1) is 19.3 Å². The minimum absolute atomic E-state index is 0.101. The van der Waals surface area contributed by atoms with Gasteiger partial charge in [0.2, 0.25) is 5.91 Å². The molecule has 164 valence electrons. The molecule has 5 nitrogen and oxygen atoms in total. The fourth-order valence-corrected chi connectivity index (χ4v) is 7.21. The highest BCUT2D eigenvalue weighted by molar-refractivity contribution is 5.73. The largest absolute Gasteiger partial charge is 0.379 e. The lowest BCUT2D eigenvalue weighted by Crippen LogP contribution is -2.58. The van der Waals surface area contributed by atoms with E-state index in [1.165, 1.54) is 24.0 Å². The van der Waals surface area contributed by atoms with Gasteiger partial charge in [0.15, 0.2) is 0 Å². The molecule has 30 heavy (non-hydrogen) atoms. The Labute approximate surface area is 180 Å². The van der Waals surface area contributed by atoms with Crippen LogP contribution in [-0.4, -0.2) is 49.8 Å². The van der Waals surface area contributed by atoms with Crippen molar-refractivity contribution in [2.45, 2.75) is 58.7 Å². The number of ether oxygens (including phenoxy) is 2. The van der Waals surface area contributed by atoms with E-state index in [9.17, 15) is 4.79 Å². The van der Waals surface area contributed by atoms with Crippen LogP contribution in [0, 0.1) is 22.7 Å². The molecular formula is C25H36N2O3. The minimum atomic E-state index is 0.101. The Morgan fingerprint density at radius 1 is 1.23 bits per heavy atom. The van der Waals surface area contributed by atoms with Crippen LogP contribution in [0.25, 0.3) is 0 Å². The van der Waals surface area contributed by atoms with Crippen LogP contribution in [0.4, 0.5) is 0 Å². The summed E-state index contributed by atoms with van der Waals surface area (Å²) in [6, 6.07) is 9.29. The van der Waals surface area contributed by atoms with Crippen LogP contribution in [-0.2, 0) is 20.8 Å². The van der Waals surface area contributed by atoms with Gasteiger partial charge >= 0.3 is 0 Å². The Hall–Kier alpha value is -1.43. The summed E-state index contributed by atoms with van der Waals surface area (Å²) in [5.74, 6) is 1.24. The second-order valence-electron chi connectivity index (χ2n) is 10.6. The van der Waals surface area contributed by atoms with Crippen molar-refractivity contribution in [1.29, 1.82) is 0 Å². The van der Waals surface area contributed by atoms with E-state index in [4.69, 9.17) is 9.47 Å². The SMILES string of the molecule is CC(=O)N[C@H]1C(C)(C)[C@@H]2C[C@@H]3[C@@H](c4cccc(CN5CCOCC5)c4)OCC[C@@]31C2. The first-order chi connectivity index (χ1) is 14.4. The van der Waals surface area contributed by atoms with Crippen molar-refractivity contribution in [3.63, 3.8) is 0 Å². The maximum absolute atomic E-state index is 12.1. The lowest BCUT2D eigenvalue weighted by molar-refractivity contribution is -0.136. The molecule has 0 aromatic heterocycles. The highest BCUT2D eigenvalue weighted by Crippen LogP contribution is 2.70. The minimum Gasteiger partial charge on any atom is -0.379 e. The topological polar surface area (TPSA) is 50.8 Å². The molecule has 4 aliphatic rings. The van der Waals surface area contributed by atoms with E-state index in [2.05, 4.69) is 48.3 Å². The van der Waals surface area contributed by atoms with E-state index >= 15 is 0 Å². The molecule has 5 rings (SSSR count). The first-order valence-corrected chi connectivity index (χ1v) is 11.7. The number of amides is 1. The standard InChI is InChI=1S/C25H36N2O3/c1-17(28)26-23-24(2,3)20-14-21-22(30-10-7-25(21,23)15-20)19-6-4-5-18(13-19)16-27-8-11-29-12-9-27/h4-6,13,20-23H,7-12,14-16H2,1-3H3,(H,26,28)/t20-,21-,22-,23+,25-/m1/s1. The van der Waals surface area contributed by atoms with Gasteiger partial charge in [-0.2, -0.15) is 0 Å². The first-order valence-electron chi connectivity index (χ1n) is 11.7. The van der Waals surface area contributed by atoms with Crippen molar-refractivity contribution in [3.8, 4) is 0 Å². The predicted octanol–water partition coefficient (Wildman–Crippen LogP) is 3.54. The molecule has 2 aliphatic heterocycles. The van der Waals surface area contributed by atoms with Crippen LogP contribution in [0.2, 0.25) is 0 Å². The molecule has 1 aromatic rings. The van der Waals surface area contributed by atoms with E-state index in [1.807, 2.05) is 0 Å². The third kappa shape index (κ3) is 3.30. The summed E-state index contributed by atoms with van der Waals surface area (Å²) < 4.78 is 11.9. The van der Waals surface area contributed by atoms with Gasteiger partial charge in [-0.25, -0.2) is 0 Å². The van der Waals surface area contributed by atoms with Gasteiger partial charge < -0.3 is 14.8 Å². The Bertz CT molecular complexity index is 803. The number of carbonyl (C=O) groups is 1. The Balaban J connectivity index is 1.40. The monoisotopic (exact) mass is 412 g/mol. The maximum atomic E-state index is 12.1. The molecule has 2 aliphatic carbocycles. The summed E-state index contributed by atoms with van der Waals surface area (Å²) in [5, 5.41) is 3.38. The Kier molecular flexibility index (Phi) is 5.19. The van der Waals surface area contributed by atoms with Crippen molar-refractivity contribution >= 4 is 5.91 Å². The number of carbonyl (C=O) groups excluding carboxylic acids is 1. The second kappa shape index (κ2) is 7.61. The van der Waals surface area contributed by atoms with Crippen LogP contribution in [0.5, 0.6) is 0 Å². The van der Waals surface area contributed by atoms with E-state index in [-0.39, 0.29) is 28.9 Å². The van der Waals surface area contributed by atoms with Gasteiger partial charge in [-0.1, -0.05) is 38.1 Å². The Morgan fingerprint density at radius 2 is 2.03 bits per heavy atom.